The van der Waals surface area contributed by atoms with E-state index in [1.807, 2.05) is 24.3 Å². The first kappa shape index (κ1) is 17.1. The minimum atomic E-state index is -0.434. The molecule has 2 aliphatic rings. The van der Waals surface area contributed by atoms with Crippen LogP contribution in [0.15, 0.2) is 30.6 Å². The molecule has 1 amide bonds. The third kappa shape index (κ3) is 3.45. The number of nitrogens with one attached hydrogen (secondary N) is 1. The van der Waals surface area contributed by atoms with Crippen LogP contribution in [-0.2, 0) is 20.9 Å². The number of fused-ring (bicyclic) bond motifs is 3. The number of hydrogen-bond acceptors (Lipinski definition) is 4. The van der Waals surface area contributed by atoms with Crippen molar-refractivity contribution in [3.63, 3.8) is 0 Å². The largest absolute Gasteiger partial charge is 0.454 e. The van der Waals surface area contributed by atoms with Gasteiger partial charge in [-0.15, -0.1) is 0 Å². The standard InChI is InChI=1S/C20H25N3O3/c1-13(16-9-14-6-7-15(16)8-14)22-19(24)11-26-20(25)10-23-12-21-17-4-2-3-5-18(17)23/h2-5,12-16H,6-11H2,1H3,(H,22,24)/t13-,14+,15+,16-/m1/s1. The first-order valence-corrected chi connectivity index (χ1v) is 9.45. The Morgan fingerprint density at radius 3 is 2.92 bits per heavy atom. The summed E-state index contributed by atoms with van der Waals surface area (Å²) in [5.74, 6) is 1.53. The number of esters is 1. The van der Waals surface area contributed by atoms with E-state index in [1.54, 1.807) is 10.9 Å². The molecule has 2 aromatic rings. The fourth-order valence-corrected chi connectivity index (χ4v) is 4.78. The molecular formula is C20H25N3O3. The highest BCUT2D eigenvalue weighted by Gasteiger charge is 2.42. The summed E-state index contributed by atoms with van der Waals surface area (Å²) >= 11 is 0. The number of nitrogens with zero attached hydrogens (tertiary/aromatic N) is 2. The number of hydrogen-bond donors (Lipinski definition) is 1. The first-order chi connectivity index (χ1) is 12.6. The monoisotopic (exact) mass is 355 g/mol. The fourth-order valence-electron chi connectivity index (χ4n) is 4.78. The van der Waals surface area contributed by atoms with Crippen LogP contribution in [0.1, 0.15) is 32.6 Å². The van der Waals surface area contributed by atoms with Gasteiger partial charge in [-0.25, -0.2) is 4.98 Å². The highest BCUT2D eigenvalue weighted by molar-refractivity contribution is 5.82. The summed E-state index contributed by atoms with van der Waals surface area (Å²) in [6.45, 7) is 1.90. The SMILES string of the molecule is C[C@@H](NC(=O)COC(=O)Cn1cnc2ccccc21)[C@H]1C[C@H]2CC[C@H]1C2. The number of ether oxygens (including phenoxy) is 1. The molecule has 2 saturated carbocycles. The molecule has 1 aromatic heterocycles. The maximum absolute atomic E-state index is 12.1. The molecule has 0 saturated heterocycles. The molecular weight excluding hydrogens is 330 g/mol. The van der Waals surface area contributed by atoms with Gasteiger partial charge in [-0.1, -0.05) is 18.6 Å². The van der Waals surface area contributed by atoms with Crippen molar-refractivity contribution in [3.05, 3.63) is 30.6 Å². The van der Waals surface area contributed by atoms with E-state index in [1.165, 1.54) is 25.7 Å². The Balaban J connectivity index is 1.24. The summed E-state index contributed by atoms with van der Waals surface area (Å²) in [6, 6.07) is 7.74. The minimum absolute atomic E-state index is 0.0513. The number of carbonyl (C=O) groups is 2. The quantitative estimate of drug-likeness (QED) is 0.808. The molecule has 0 unspecified atom stereocenters. The van der Waals surface area contributed by atoms with Gasteiger partial charge < -0.3 is 14.6 Å². The second kappa shape index (κ2) is 7.09. The smallest absolute Gasteiger partial charge is 0.326 e. The molecule has 4 atom stereocenters. The third-order valence-electron chi connectivity index (χ3n) is 6.01. The van der Waals surface area contributed by atoms with E-state index in [2.05, 4.69) is 17.2 Å². The molecule has 0 spiro atoms. The number of para-hydroxylation sites is 2. The van der Waals surface area contributed by atoms with E-state index in [-0.39, 0.29) is 25.1 Å². The minimum Gasteiger partial charge on any atom is -0.454 e. The van der Waals surface area contributed by atoms with Gasteiger partial charge in [-0.05, 0) is 56.1 Å². The molecule has 6 nitrogen and oxygen atoms in total. The summed E-state index contributed by atoms with van der Waals surface area (Å²) in [7, 11) is 0. The van der Waals surface area contributed by atoms with Gasteiger partial charge in [0.25, 0.3) is 5.91 Å². The number of benzene rings is 1. The average molecular weight is 355 g/mol. The Kier molecular flexibility index (Phi) is 4.66. The van der Waals surface area contributed by atoms with Gasteiger partial charge in [-0.2, -0.15) is 0 Å². The van der Waals surface area contributed by atoms with Crippen LogP contribution in [0.25, 0.3) is 11.0 Å². The van der Waals surface area contributed by atoms with Crippen molar-refractivity contribution in [3.8, 4) is 0 Å². The predicted octanol–water partition coefficient (Wildman–Crippen LogP) is 2.52. The van der Waals surface area contributed by atoms with Gasteiger partial charge in [-0.3, -0.25) is 9.59 Å². The van der Waals surface area contributed by atoms with Gasteiger partial charge >= 0.3 is 5.97 Å². The van der Waals surface area contributed by atoms with E-state index in [0.29, 0.717) is 5.92 Å². The van der Waals surface area contributed by atoms with Crippen LogP contribution in [0.3, 0.4) is 0 Å². The third-order valence-corrected chi connectivity index (χ3v) is 6.01. The molecule has 2 fully saturated rings. The van der Waals surface area contributed by atoms with Crippen LogP contribution in [-0.4, -0.2) is 34.1 Å². The summed E-state index contributed by atoms with van der Waals surface area (Å²) < 4.78 is 6.88. The molecule has 6 heteroatoms. The zero-order valence-electron chi connectivity index (χ0n) is 15.1. The highest BCUT2D eigenvalue weighted by Crippen LogP contribution is 2.49. The van der Waals surface area contributed by atoms with Crippen molar-refractivity contribution < 1.29 is 14.3 Å². The van der Waals surface area contributed by atoms with E-state index in [4.69, 9.17) is 4.74 Å². The Labute approximate surface area is 152 Å². The molecule has 0 aliphatic heterocycles. The molecule has 1 aromatic carbocycles. The zero-order chi connectivity index (χ0) is 18.1. The lowest BCUT2D eigenvalue weighted by Gasteiger charge is -2.28. The van der Waals surface area contributed by atoms with Gasteiger partial charge in [0.1, 0.15) is 6.54 Å². The summed E-state index contributed by atoms with van der Waals surface area (Å²) in [4.78, 5) is 28.4. The van der Waals surface area contributed by atoms with Crippen molar-refractivity contribution in [2.45, 2.75) is 45.2 Å². The van der Waals surface area contributed by atoms with E-state index < -0.39 is 5.97 Å². The molecule has 26 heavy (non-hydrogen) atoms. The lowest BCUT2D eigenvalue weighted by atomic mass is 9.84. The Hall–Kier alpha value is -2.37. The van der Waals surface area contributed by atoms with Gasteiger partial charge in [0.05, 0.1) is 17.4 Å². The molecule has 2 aliphatic carbocycles. The fraction of sp³-hybridized carbons (Fsp3) is 0.550. The molecule has 0 radical (unpaired) electrons. The summed E-state index contributed by atoms with van der Waals surface area (Å²) in [6.07, 6.45) is 6.80. The molecule has 1 N–H and O–H groups in total. The van der Waals surface area contributed by atoms with Crippen molar-refractivity contribution in [1.29, 1.82) is 0 Å². The van der Waals surface area contributed by atoms with Gasteiger partial charge in [0, 0.05) is 6.04 Å². The second-order valence-corrected chi connectivity index (χ2v) is 7.72. The van der Waals surface area contributed by atoms with Crippen molar-refractivity contribution in [1.82, 2.24) is 14.9 Å². The number of amides is 1. The maximum Gasteiger partial charge on any atom is 0.326 e. The highest BCUT2D eigenvalue weighted by atomic mass is 16.5. The normalized spacial score (nSPS) is 25.3. The van der Waals surface area contributed by atoms with E-state index in [9.17, 15) is 9.59 Å². The van der Waals surface area contributed by atoms with Crippen LogP contribution < -0.4 is 5.32 Å². The maximum atomic E-state index is 12.1. The number of carbonyl (C=O) groups excluding carboxylic acids is 2. The Morgan fingerprint density at radius 2 is 2.15 bits per heavy atom. The van der Waals surface area contributed by atoms with E-state index >= 15 is 0 Å². The molecule has 138 valence electrons. The Morgan fingerprint density at radius 1 is 1.31 bits per heavy atom. The number of aromatic nitrogens is 2. The van der Waals surface area contributed by atoms with E-state index in [0.717, 1.165) is 22.9 Å². The van der Waals surface area contributed by atoms with Crippen LogP contribution >= 0.6 is 0 Å². The summed E-state index contributed by atoms with van der Waals surface area (Å²) in [5.41, 5.74) is 1.71. The van der Waals surface area contributed by atoms with Gasteiger partial charge in [0.2, 0.25) is 0 Å². The van der Waals surface area contributed by atoms with Crippen LogP contribution in [0.5, 0.6) is 0 Å². The molecule has 4 rings (SSSR count). The number of imidazole rings is 1. The van der Waals surface area contributed by atoms with Gasteiger partial charge in [0.15, 0.2) is 6.61 Å². The van der Waals surface area contributed by atoms with Crippen LogP contribution in [0, 0.1) is 17.8 Å². The first-order valence-electron chi connectivity index (χ1n) is 9.45. The number of rotatable bonds is 6. The molecule has 1 heterocycles. The van der Waals surface area contributed by atoms with Crippen molar-refractivity contribution in [2.24, 2.45) is 17.8 Å². The predicted molar refractivity (Wildman–Crippen MR) is 97.2 cm³/mol. The van der Waals surface area contributed by atoms with Crippen LogP contribution in [0.2, 0.25) is 0 Å². The molecule has 2 bridgehead atoms. The average Bonchev–Trinajstić information content (AvgIpc) is 3.36. The van der Waals surface area contributed by atoms with Crippen molar-refractivity contribution in [2.75, 3.05) is 6.61 Å². The van der Waals surface area contributed by atoms with Crippen molar-refractivity contribution >= 4 is 22.9 Å². The summed E-state index contributed by atoms with van der Waals surface area (Å²) in [5, 5.41) is 3.02. The zero-order valence-corrected chi connectivity index (χ0v) is 15.1. The lowest BCUT2D eigenvalue weighted by Crippen LogP contribution is -2.42. The van der Waals surface area contributed by atoms with Crippen LogP contribution in [0.4, 0.5) is 0 Å². The lowest BCUT2D eigenvalue weighted by molar-refractivity contribution is -0.149. The second-order valence-electron chi connectivity index (χ2n) is 7.72. The topological polar surface area (TPSA) is 73.2 Å². The Bertz CT molecular complexity index is 815.